The van der Waals surface area contributed by atoms with E-state index in [1.165, 1.54) is 6.08 Å². The van der Waals surface area contributed by atoms with Crippen LogP contribution in [0.1, 0.15) is 13.8 Å². The molecule has 19 heavy (non-hydrogen) atoms. The van der Waals surface area contributed by atoms with Crippen molar-refractivity contribution in [2.24, 2.45) is 0 Å². The van der Waals surface area contributed by atoms with Crippen LogP contribution in [0.25, 0.3) is 0 Å². The van der Waals surface area contributed by atoms with Crippen LogP contribution in [0.4, 0.5) is 11.4 Å². The highest BCUT2D eigenvalue weighted by Gasteiger charge is 2.22. The summed E-state index contributed by atoms with van der Waals surface area (Å²) in [6.07, 6.45) is 1.74. The average Bonchev–Trinajstić information content (AvgIpc) is 2.38. The highest BCUT2D eigenvalue weighted by atomic mass is 16.5. The lowest BCUT2D eigenvalue weighted by Gasteiger charge is -2.36. The quantitative estimate of drug-likeness (QED) is 0.849. The van der Waals surface area contributed by atoms with Gasteiger partial charge in [0.05, 0.1) is 12.2 Å². The van der Waals surface area contributed by atoms with Gasteiger partial charge in [-0.15, -0.1) is 0 Å². The van der Waals surface area contributed by atoms with Crippen LogP contribution < -0.4 is 10.2 Å². The lowest BCUT2D eigenvalue weighted by molar-refractivity contribution is -0.111. The van der Waals surface area contributed by atoms with Crippen LogP contribution in [-0.2, 0) is 9.53 Å². The van der Waals surface area contributed by atoms with Crippen LogP contribution in [0.3, 0.4) is 0 Å². The van der Waals surface area contributed by atoms with E-state index in [1.54, 1.807) is 0 Å². The molecule has 0 radical (unpaired) electrons. The molecule has 1 amide bonds. The second kappa shape index (κ2) is 5.89. The van der Waals surface area contributed by atoms with Crippen molar-refractivity contribution in [3.63, 3.8) is 0 Å². The van der Waals surface area contributed by atoms with Gasteiger partial charge in [-0.25, -0.2) is 0 Å². The molecule has 0 aromatic heterocycles. The first-order valence-electron chi connectivity index (χ1n) is 6.52. The standard InChI is InChI=1S/C15H20N2O2/c1-4-15(18)16-13-5-7-14(8-6-13)17-9-11(2)19-12(3)10-17/h4-8,11-12H,1,9-10H2,2-3H3,(H,16,18). The fourth-order valence-corrected chi connectivity index (χ4v) is 2.34. The summed E-state index contributed by atoms with van der Waals surface area (Å²) in [5, 5.41) is 2.74. The second-order valence-corrected chi connectivity index (χ2v) is 4.90. The van der Waals surface area contributed by atoms with E-state index in [1.807, 2.05) is 24.3 Å². The summed E-state index contributed by atoms with van der Waals surface area (Å²) < 4.78 is 5.72. The van der Waals surface area contributed by atoms with Gasteiger partial charge in [-0.1, -0.05) is 6.58 Å². The zero-order valence-corrected chi connectivity index (χ0v) is 11.4. The molecule has 1 heterocycles. The van der Waals surface area contributed by atoms with Gasteiger partial charge in [0, 0.05) is 24.5 Å². The summed E-state index contributed by atoms with van der Waals surface area (Å²) in [5.74, 6) is -0.193. The summed E-state index contributed by atoms with van der Waals surface area (Å²) >= 11 is 0. The zero-order chi connectivity index (χ0) is 13.8. The number of amides is 1. The predicted molar refractivity (Wildman–Crippen MR) is 77.5 cm³/mol. The monoisotopic (exact) mass is 260 g/mol. The first kappa shape index (κ1) is 13.6. The van der Waals surface area contributed by atoms with Crippen molar-refractivity contribution < 1.29 is 9.53 Å². The summed E-state index contributed by atoms with van der Waals surface area (Å²) in [6, 6.07) is 7.84. The Morgan fingerprint density at radius 3 is 2.42 bits per heavy atom. The molecule has 1 N–H and O–H groups in total. The number of anilines is 2. The number of nitrogens with zero attached hydrogens (tertiary/aromatic N) is 1. The van der Waals surface area contributed by atoms with E-state index >= 15 is 0 Å². The minimum absolute atomic E-state index is 0.193. The van der Waals surface area contributed by atoms with Crippen molar-refractivity contribution in [1.29, 1.82) is 0 Å². The molecule has 2 rings (SSSR count). The minimum atomic E-state index is -0.193. The summed E-state index contributed by atoms with van der Waals surface area (Å²) in [5.41, 5.74) is 1.93. The number of ether oxygens (including phenoxy) is 1. The molecule has 1 aromatic rings. The lowest BCUT2D eigenvalue weighted by atomic mass is 10.2. The summed E-state index contributed by atoms with van der Waals surface area (Å²) in [6.45, 7) is 9.38. The smallest absolute Gasteiger partial charge is 0.247 e. The lowest BCUT2D eigenvalue weighted by Crippen LogP contribution is -2.45. The maximum atomic E-state index is 11.2. The number of hydrogen-bond acceptors (Lipinski definition) is 3. The van der Waals surface area contributed by atoms with Crippen molar-refractivity contribution in [2.75, 3.05) is 23.3 Å². The molecule has 0 bridgehead atoms. The molecule has 2 atom stereocenters. The number of nitrogens with one attached hydrogen (secondary N) is 1. The molecule has 0 saturated carbocycles. The molecule has 0 spiro atoms. The number of hydrogen-bond donors (Lipinski definition) is 1. The van der Waals surface area contributed by atoms with E-state index in [2.05, 4.69) is 30.6 Å². The van der Waals surface area contributed by atoms with Crippen molar-refractivity contribution in [1.82, 2.24) is 0 Å². The largest absolute Gasteiger partial charge is 0.372 e. The molecular weight excluding hydrogens is 240 g/mol. The molecule has 2 unspecified atom stereocenters. The Kier molecular flexibility index (Phi) is 4.22. The van der Waals surface area contributed by atoms with E-state index in [-0.39, 0.29) is 18.1 Å². The normalized spacial score (nSPS) is 22.9. The third-order valence-electron chi connectivity index (χ3n) is 3.10. The zero-order valence-electron chi connectivity index (χ0n) is 11.4. The van der Waals surface area contributed by atoms with Gasteiger partial charge in [0.25, 0.3) is 0 Å². The highest BCUT2D eigenvalue weighted by molar-refractivity contribution is 5.98. The van der Waals surface area contributed by atoms with Gasteiger partial charge >= 0.3 is 0 Å². The number of carbonyl (C=O) groups excluding carboxylic acids is 1. The fourth-order valence-electron chi connectivity index (χ4n) is 2.34. The SMILES string of the molecule is C=CC(=O)Nc1ccc(N2CC(C)OC(C)C2)cc1. The molecule has 1 saturated heterocycles. The Labute approximate surface area is 114 Å². The molecule has 1 fully saturated rings. The Morgan fingerprint density at radius 1 is 1.32 bits per heavy atom. The van der Waals surface area contributed by atoms with Gasteiger partial charge in [0.2, 0.25) is 5.91 Å². The minimum Gasteiger partial charge on any atom is -0.372 e. The third-order valence-corrected chi connectivity index (χ3v) is 3.10. The molecule has 1 aliphatic heterocycles. The maximum Gasteiger partial charge on any atom is 0.247 e. The predicted octanol–water partition coefficient (Wildman–Crippen LogP) is 2.42. The Morgan fingerprint density at radius 2 is 1.89 bits per heavy atom. The Balaban J connectivity index is 2.05. The molecule has 1 aromatic carbocycles. The van der Waals surface area contributed by atoms with Crippen LogP contribution in [0.5, 0.6) is 0 Å². The van der Waals surface area contributed by atoms with Crippen LogP contribution >= 0.6 is 0 Å². The number of carbonyl (C=O) groups is 1. The second-order valence-electron chi connectivity index (χ2n) is 4.90. The molecule has 4 nitrogen and oxygen atoms in total. The Bertz CT molecular complexity index is 446. The number of morpholine rings is 1. The summed E-state index contributed by atoms with van der Waals surface area (Å²) in [4.78, 5) is 13.5. The van der Waals surface area contributed by atoms with E-state index in [0.29, 0.717) is 0 Å². The first-order valence-corrected chi connectivity index (χ1v) is 6.52. The van der Waals surface area contributed by atoms with E-state index in [4.69, 9.17) is 4.74 Å². The molecular formula is C15H20N2O2. The number of benzene rings is 1. The fraction of sp³-hybridized carbons (Fsp3) is 0.400. The van der Waals surface area contributed by atoms with Gasteiger partial charge in [-0.3, -0.25) is 4.79 Å². The highest BCUT2D eigenvalue weighted by Crippen LogP contribution is 2.22. The van der Waals surface area contributed by atoms with Gasteiger partial charge < -0.3 is 15.0 Å². The molecule has 0 aliphatic carbocycles. The van der Waals surface area contributed by atoms with Gasteiger partial charge in [0.1, 0.15) is 0 Å². The van der Waals surface area contributed by atoms with Crippen LogP contribution in [-0.4, -0.2) is 31.2 Å². The van der Waals surface area contributed by atoms with Gasteiger partial charge in [-0.05, 0) is 44.2 Å². The summed E-state index contributed by atoms with van der Waals surface area (Å²) in [7, 11) is 0. The van der Waals surface area contributed by atoms with Crippen molar-refractivity contribution in [3.05, 3.63) is 36.9 Å². The van der Waals surface area contributed by atoms with Gasteiger partial charge in [-0.2, -0.15) is 0 Å². The van der Waals surface area contributed by atoms with Crippen molar-refractivity contribution in [2.45, 2.75) is 26.1 Å². The van der Waals surface area contributed by atoms with Gasteiger partial charge in [0.15, 0.2) is 0 Å². The van der Waals surface area contributed by atoms with Crippen LogP contribution in [0.2, 0.25) is 0 Å². The molecule has 102 valence electrons. The topological polar surface area (TPSA) is 41.6 Å². The third kappa shape index (κ3) is 3.58. The maximum absolute atomic E-state index is 11.2. The van der Waals surface area contributed by atoms with E-state index in [0.717, 1.165) is 24.5 Å². The van der Waals surface area contributed by atoms with Crippen LogP contribution in [0.15, 0.2) is 36.9 Å². The average molecular weight is 260 g/mol. The van der Waals surface area contributed by atoms with Crippen LogP contribution in [0, 0.1) is 0 Å². The van der Waals surface area contributed by atoms with E-state index in [9.17, 15) is 4.79 Å². The molecule has 1 aliphatic rings. The molecule has 4 heteroatoms. The first-order chi connectivity index (χ1) is 9.08. The van der Waals surface area contributed by atoms with Crippen molar-refractivity contribution >= 4 is 17.3 Å². The van der Waals surface area contributed by atoms with E-state index < -0.39 is 0 Å². The number of rotatable bonds is 3. The van der Waals surface area contributed by atoms with Crippen molar-refractivity contribution in [3.8, 4) is 0 Å². The Hall–Kier alpha value is -1.81.